The second-order valence-corrected chi connectivity index (χ2v) is 7.69. The molecule has 7 heteroatoms. The van der Waals surface area contributed by atoms with E-state index in [4.69, 9.17) is 11.6 Å². The Bertz CT molecular complexity index is 957. The second-order valence-electron chi connectivity index (χ2n) is 6.31. The quantitative estimate of drug-likeness (QED) is 0.622. The average Bonchev–Trinajstić information content (AvgIpc) is 3.01. The third-order valence-corrected chi connectivity index (χ3v) is 5.53. The van der Waals surface area contributed by atoms with Crippen molar-refractivity contribution in [3.8, 4) is 11.4 Å². The number of hydrogen-bond donors (Lipinski definition) is 1. The maximum Gasteiger partial charge on any atom is 0.230 e. The van der Waals surface area contributed by atoms with Crippen molar-refractivity contribution < 1.29 is 4.79 Å². The molecular weight excluding hydrogens is 380 g/mol. The lowest BCUT2D eigenvalue weighted by Gasteiger charge is -2.14. The highest BCUT2D eigenvalue weighted by molar-refractivity contribution is 7.99. The standard InChI is InChI=1S/C20H21ClN4OS/c1-13-7-4-5-10-17(13)19-23-24-20(25(19)3)27-12-18(26)22-14(2)15-8-6-9-16(21)11-15/h4-11,14H,12H2,1-3H3,(H,22,26)/t14-/m1/s1. The van der Waals surface area contributed by atoms with E-state index in [1.807, 2.05) is 74.0 Å². The van der Waals surface area contributed by atoms with Gasteiger partial charge in [-0.1, -0.05) is 59.8 Å². The molecule has 0 saturated carbocycles. The largest absolute Gasteiger partial charge is 0.349 e. The Kier molecular flexibility index (Phi) is 6.19. The van der Waals surface area contributed by atoms with E-state index in [0.717, 1.165) is 22.5 Å². The van der Waals surface area contributed by atoms with E-state index < -0.39 is 0 Å². The van der Waals surface area contributed by atoms with Crippen LogP contribution >= 0.6 is 23.4 Å². The van der Waals surface area contributed by atoms with Gasteiger partial charge in [-0.3, -0.25) is 4.79 Å². The molecule has 3 rings (SSSR count). The Morgan fingerprint density at radius 2 is 2.00 bits per heavy atom. The van der Waals surface area contributed by atoms with Crippen molar-refractivity contribution in [2.45, 2.75) is 25.0 Å². The molecule has 140 valence electrons. The monoisotopic (exact) mass is 400 g/mol. The molecular formula is C20H21ClN4OS. The van der Waals surface area contributed by atoms with Gasteiger partial charge in [0, 0.05) is 17.6 Å². The zero-order chi connectivity index (χ0) is 19.4. The Labute approximate surface area is 168 Å². The number of carbonyl (C=O) groups is 1. The van der Waals surface area contributed by atoms with Crippen LogP contribution in [0.5, 0.6) is 0 Å². The van der Waals surface area contributed by atoms with Gasteiger partial charge in [-0.2, -0.15) is 0 Å². The van der Waals surface area contributed by atoms with Gasteiger partial charge in [0.15, 0.2) is 11.0 Å². The number of thioether (sulfide) groups is 1. The van der Waals surface area contributed by atoms with Crippen LogP contribution in [0.2, 0.25) is 5.02 Å². The van der Waals surface area contributed by atoms with Crippen LogP contribution in [-0.4, -0.2) is 26.4 Å². The SMILES string of the molecule is Cc1ccccc1-c1nnc(SCC(=O)N[C@H](C)c2cccc(Cl)c2)n1C. The molecule has 0 aliphatic carbocycles. The molecule has 2 aromatic carbocycles. The molecule has 5 nitrogen and oxygen atoms in total. The molecule has 0 unspecified atom stereocenters. The van der Waals surface area contributed by atoms with Crippen LogP contribution in [0.3, 0.4) is 0 Å². The van der Waals surface area contributed by atoms with Crippen molar-refractivity contribution in [2.24, 2.45) is 7.05 Å². The lowest BCUT2D eigenvalue weighted by Crippen LogP contribution is -2.28. The maximum absolute atomic E-state index is 12.3. The third kappa shape index (κ3) is 4.70. The summed E-state index contributed by atoms with van der Waals surface area (Å²) in [6, 6.07) is 15.4. The molecule has 0 radical (unpaired) electrons. The molecule has 27 heavy (non-hydrogen) atoms. The highest BCUT2D eigenvalue weighted by atomic mass is 35.5. The summed E-state index contributed by atoms with van der Waals surface area (Å²) in [5.41, 5.74) is 3.15. The molecule has 1 amide bonds. The number of halogens is 1. The number of nitrogens with one attached hydrogen (secondary N) is 1. The predicted molar refractivity (Wildman–Crippen MR) is 110 cm³/mol. The number of aryl methyl sites for hydroxylation is 1. The zero-order valence-electron chi connectivity index (χ0n) is 15.4. The number of benzene rings is 2. The normalized spacial score (nSPS) is 12.0. The Morgan fingerprint density at radius 1 is 1.22 bits per heavy atom. The number of rotatable bonds is 6. The van der Waals surface area contributed by atoms with Gasteiger partial charge in [0.1, 0.15) is 0 Å². The summed E-state index contributed by atoms with van der Waals surface area (Å²) >= 11 is 7.38. The number of nitrogens with zero attached hydrogens (tertiary/aromatic N) is 3. The van der Waals surface area contributed by atoms with Crippen LogP contribution < -0.4 is 5.32 Å². The number of aromatic nitrogens is 3. The van der Waals surface area contributed by atoms with Crippen molar-refractivity contribution in [1.29, 1.82) is 0 Å². The summed E-state index contributed by atoms with van der Waals surface area (Å²) in [5, 5.41) is 12.9. The van der Waals surface area contributed by atoms with Crippen molar-refractivity contribution in [3.63, 3.8) is 0 Å². The first-order chi connectivity index (χ1) is 13.0. The fourth-order valence-electron chi connectivity index (χ4n) is 2.77. The van der Waals surface area contributed by atoms with Crippen LogP contribution in [-0.2, 0) is 11.8 Å². The van der Waals surface area contributed by atoms with Crippen molar-refractivity contribution in [1.82, 2.24) is 20.1 Å². The number of carbonyl (C=O) groups excluding carboxylic acids is 1. The predicted octanol–water partition coefficient (Wildman–Crippen LogP) is 4.41. The molecule has 0 saturated heterocycles. The molecule has 1 atom stereocenters. The summed E-state index contributed by atoms with van der Waals surface area (Å²) < 4.78 is 1.92. The molecule has 0 aliphatic rings. The van der Waals surface area contributed by atoms with E-state index >= 15 is 0 Å². The topological polar surface area (TPSA) is 59.8 Å². The first-order valence-electron chi connectivity index (χ1n) is 8.58. The lowest BCUT2D eigenvalue weighted by atomic mass is 10.1. The van der Waals surface area contributed by atoms with Gasteiger partial charge in [0.25, 0.3) is 0 Å². The van der Waals surface area contributed by atoms with Crippen LogP contribution in [0.15, 0.2) is 53.7 Å². The van der Waals surface area contributed by atoms with Crippen molar-refractivity contribution >= 4 is 29.3 Å². The molecule has 1 aromatic heterocycles. The van der Waals surface area contributed by atoms with Gasteiger partial charge in [0.2, 0.25) is 5.91 Å². The summed E-state index contributed by atoms with van der Waals surface area (Å²) in [6.45, 7) is 3.98. The summed E-state index contributed by atoms with van der Waals surface area (Å²) in [7, 11) is 1.91. The molecule has 0 spiro atoms. The Morgan fingerprint density at radius 3 is 2.74 bits per heavy atom. The zero-order valence-corrected chi connectivity index (χ0v) is 17.0. The van der Waals surface area contributed by atoms with Gasteiger partial charge < -0.3 is 9.88 Å². The number of hydrogen-bond acceptors (Lipinski definition) is 4. The van der Waals surface area contributed by atoms with Crippen molar-refractivity contribution in [3.05, 3.63) is 64.7 Å². The fourth-order valence-corrected chi connectivity index (χ4v) is 3.69. The molecule has 0 aliphatic heterocycles. The van der Waals surface area contributed by atoms with Crippen LogP contribution in [0.1, 0.15) is 24.1 Å². The first kappa shape index (κ1) is 19.5. The van der Waals surface area contributed by atoms with Gasteiger partial charge in [-0.05, 0) is 37.1 Å². The fraction of sp³-hybridized carbons (Fsp3) is 0.250. The summed E-state index contributed by atoms with van der Waals surface area (Å²) in [5.74, 6) is 1.00. The first-order valence-corrected chi connectivity index (χ1v) is 9.95. The summed E-state index contributed by atoms with van der Waals surface area (Å²) in [6.07, 6.45) is 0. The maximum atomic E-state index is 12.3. The Hall–Kier alpha value is -2.31. The second kappa shape index (κ2) is 8.59. The van der Waals surface area contributed by atoms with E-state index in [0.29, 0.717) is 10.2 Å². The molecule has 1 heterocycles. The van der Waals surface area contributed by atoms with Gasteiger partial charge in [-0.15, -0.1) is 10.2 Å². The molecule has 1 N–H and O–H groups in total. The van der Waals surface area contributed by atoms with E-state index in [1.165, 1.54) is 11.8 Å². The minimum atomic E-state index is -0.112. The molecule has 3 aromatic rings. The van der Waals surface area contributed by atoms with E-state index in [2.05, 4.69) is 15.5 Å². The molecule has 0 bridgehead atoms. The highest BCUT2D eigenvalue weighted by Gasteiger charge is 2.15. The van der Waals surface area contributed by atoms with Gasteiger partial charge >= 0.3 is 0 Å². The average molecular weight is 401 g/mol. The smallest absolute Gasteiger partial charge is 0.230 e. The van der Waals surface area contributed by atoms with E-state index in [1.54, 1.807) is 0 Å². The number of amides is 1. The molecule has 0 fully saturated rings. The van der Waals surface area contributed by atoms with Crippen molar-refractivity contribution in [2.75, 3.05) is 5.75 Å². The minimum Gasteiger partial charge on any atom is -0.349 e. The highest BCUT2D eigenvalue weighted by Crippen LogP contribution is 2.25. The van der Waals surface area contributed by atoms with Crippen LogP contribution in [0.4, 0.5) is 0 Å². The Balaban J connectivity index is 1.62. The van der Waals surface area contributed by atoms with Gasteiger partial charge in [0.05, 0.1) is 11.8 Å². The minimum absolute atomic E-state index is 0.0621. The van der Waals surface area contributed by atoms with Gasteiger partial charge in [-0.25, -0.2) is 0 Å². The third-order valence-electron chi connectivity index (χ3n) is 4.28. The van der Waals surface area contributed by atoms with Crippen LogP contribution in [0, 0.1) is 6.92 Å². The summed E-state index contributed by atoms with van der Waals surface area (Å²) in [4.78, 5) is 12.3. The lowest BCUT2D eigenvalue weighted by molar-refractivity contribution is -0.119. The van der Waals surface area contributed by atoms with E-state index in [9.17, 15) is 4.79 Å². The van der Waals surface area contributed by atoms with E-state index in [-0.39, 0.29) is 17.7 Å². The van der Waals surface area contributed by atoms with Crippen LogP contribution in [0.25, 0.3) is 11.4 Å².